The fourth-order valence-electron chi connectivity index (χ4n) is 2.41. The number of hydrogen-bond acceptors (Lipinski definition) is 7. The van der Waals surface area contributed by atoms with Crippen molar-refractivity contribution in [3.63, 3.8) is 0 Å². The predicted molar refractivity (Wildman–Crippen MR) is 90.7 cm³/mol. The minimum Gasteiger partial charge on any atom is -0.467 e. The molecular formula is C16H19N5O5. The van der Waals surface area contributed by atoms with Crippen molar-refractivity contribution in [3.05, 3.63) is 46.5 Å². The summed E-state index contributed by atoms with van der Waals surface area (Å²) in [5.74, 6) is -1.03. The lowest BCUT2D eigenvalue weighted by Gasteiger charge is -2.18. The summed E-state index contributed by atoms with van der Waals surface area (Å²) < 4.78 is 5.93. The fourth-order valence-corrected chi connectivity index (χ4v) is 2.41. The molecule has 26 heavy (non-hydrogen) atoms. The molecule has 1 aromatic heterocycles. The van der Waals surface area contributed by atoms with Gasteiger partial charge in [-0.05, 0) is 24.5 Å². The average molecular weight is 361 g/mol. The Morgan fingerprint density at radius 2 is 2.12 bits per heavy atom. The molecule has 1 atom stereocenters. The van der Waals surface area contributed by atoms with Gasteiger partial charge in [-0.25, -0.2) is 14.5 Å². The fraction of sp³-hybridized carbons (Fsp3) is 0.375. The molecule has 0 aliphatic rings. The summed E-state index contributed by atoms with van der Waals surface area (Å²) >= 11 is 0. The number of methoxy groups -OCH3 is 1. The number of aromatic nitrogens is 3. The lowest BCUT2D eigenvalue weighted by atomic mass is 10.0. The van der Waals surface area contributed by atoms with Crippen molar-refractivity contribution in [2.45, 2.75) is 26.3 Å². The molecule has 2 aromatic rings. The van der Waals surface area contributed by atoms with E-state index in [0.29, 0.717) is 6.42 Å². The molecule has 0 bridgehead atoms. The Morgan fingerprint density at radius 3 is 2.65 bits per heavy atom. The van der Waals surface area contributed by atoms with Crippen LogP contribution >= 0.6 is 0 Å². The highest BCUT2D eigenvalue weighted by molar-refractivity contribution is 5.97. The Kier molecular flexibility index (Phi) is 5.99. The zero-order valence-corrected chi connectivity index (χ0v) is 14.6. The summed E-state index contributed by atoms with van der Waals surface area (Å²) in [6, 6.07) is 3.12. The molecule has 0 radical (unpaired) electrons. The quantitative estimate of drug-likeness (QED) is 0.449. The number of benzene rings is 1. The van der Waals surface area contributed by atoms with Crippen molar-refractivity contribution in [2.75, 3.05) is 7.11 Å². The molecule has 1 amide bonds. The normalized spacial score (nSPS) is 11.8. The minimum absolute atomic E-state index is 0.0539. The number of nitro benzene ring substituents is 1. The number of nitro groups is 1. The number of amides is 1. The first kappa shape index (κ1) is 19.0. The molecular weight excluding hydrogens is 342 g/mol. The second-order valence-corrected chi connectivity index (χ2v) is 5.98. The first-order valence-electron chi connectivity index (χ1n) is 7.85. The molecule has 0 saturated carbocycles. The van der Waals surface area contributed by atoms with Crippen molar-refractivity contribution >= 4 is 17.6 Å². The van der Waals surface area contributed by atoms with Crippen molar-refractivity contribution in [1.29, 1.82) is 0 Å². The first-order chi connectivity index (χ1) is 12.3. The molecule has 0 unspecified atom stereocenters. The van der Waals surface area contributed by atoms with Gasteiger partial charge < -0.3 is 10.1 Å². The highest BCUT2D eigenvalue weighted by Gasteiger charge is 2.25. The Bertz CT molecular complexity index is 803. The number of nitrogens with one attached hydrogen (secondary N) is 1. The molecule has 2 rings (SSSR count). The van der Waals surface area contributed by atoms with E-state index >= 15 is 0 Å². The zero-order valence-electron chi connectivity index (χ0n) is 14.6. The van der Waals surface area contributed by atoms with Crippen molar-refractivity contribution in [1.82, 2.24) is 20.1 Å². The number of nitrogens with zero attached hydrogens (tertiary/aromatic N) is 4. The Hall–Kier alpha value is -3.30. The number of ether oxygens (including phenoxy) is 1. The number of rotatable bonds is 7. The Balaban J connectivity index is 2.30. The minimum atomic E-state index is -0.832. The molecule has 138 valence electrons. The highest BCUT2D eigenvalue weighted by Crippen LogP contribution is 2.23. The summed E-state index contributed by atoms with van der Waals surface area (Å²) in [7, 11) is 1.24. The molecule has 1 aromatic carbocycles. The topological polar surface area (TPSA) is 129 Å². The Morgan fingerprint density at radius 1 is 1.38 bits per heavy atom. The largest absolute Gasteiger partial charge is 0.467 e. The van der Waals surface area contributed by atoms with Crippen molar-refractivity contribution in [2.24, 2.45) is 5.92 Å². The van der Waals surface area contributed by atoms with Gasteiger partial charge in [-0.3, -0.25) is 14.9 Å². The van der Waals surface area contributed by atoms with Gasteiger partial charge in [0.15, 0.2) is 0 Å². The summed E-state index contributed by atoms with van der Waals surface area (Å²) in [6.07, 6.45) is 2.95. The maximum Gasteiger partial charge on any atom is 0.328 e. The predicted octanol–water partition coefficient (Wildman–Crippen LogP) is 1.49. The van der Waals surface area contributed by atoms with E-state index in [-0.39, 0.29) is 22.9 Å². The van der Waals surface area contributed by atoms with Crippen LogP contribution in [0, 0.1) is 16.0 Å². The summed E-state index contributed by atoms with van der Waals surface area (Å²) in [5.41, 5.74) is -0.0735. The zero-order chi connectivity index (χ0) is 19.3. The summed E-state index contributed by atoms with van der Waals surface area (Å²) in [6.45, 7) is 3.81. The van der Waals surface area contributed by atoms with Crippen LogP contribution in [-0.4, -0.2) is 44.7 Å². The van der Waals surface area contributed by atoms with E-state index in [1.165, 1.54) is 36.6 Å². The van der Waals surface area contributed by atoms with Crippen LogP contribution in [0.4, 0.5) is 5.69 Å². The number of hydrogen-bond donors (Lipinski definition) is 1. The third-order valence-electron chi connectivity index (χ3n) is 3.60. The monoisotopic (exact) mass is 361 g/mol. The maximum absolute atomic E-state index is 12.5. The van der Waals surface area contributed by atoms with Gasteiger partial charge in [-0.1, -0.05) is 13.8 Å². The van der Waals surface area contributed by atoms with Gasteiger partial charge in [-0.15, -0.1) is 0 Å². The van der Waals surface area contributed by atoms with Crippen molar-refractivity contribution in [3.8, 4) is 5.69 Å². The third-order valence-corrected chi connectivity index (χ3v) is 3.60. The smallest absolute Gasteiger partial charge is 0.328 e. The molecule has 0 spiro atoms. The van der Waals surface area contributed by atoms with Crippen LogP contribution in [-0.2, 0) is 9.53 Å². The second kappa shape index (κ2) is 8.19. The first-order valence-corrected chi connectivity index (χ1v) is 7.85. The lowest BCUT2D eigenvalue weighted by Crippen LogP contribution is -2.42. The number of carbonyl (C=O) groups is 2. The van der Waals surface area contributed by atoms with Crippen molar-refractivity contribution < 1.29 is 19.2 Å². The van der Waals surface area contributed by atoms with Gasteiger partial charge in [0, 0.05) is 11.6 Å². The van der Waals surface area contributed by atoms with Gasteiger partial charge >= 0.3 is 5.97 Å². The van der Waals surface area contributed by atoms with Crippen LogP contribution in [0.5, 0.6) is 0 Å². The Labute approximate surface area is 149 Å². The van der Waals surface area contributed by atoms with Gasteiger partial charge in [0.25, 0.3) is 11.6 Å². The van der Waals surface area contributed by atoms with E-state index in [2.05, 4.69) is 15.4 Å². The molecule has 10 nitrogen and oxygen atoms in total. The molecule has 1 heterocycles. The molecule has 0 saturated heterocycles. The van der Waals surface area contributed by atoms with Crippen LogP contribution in [0.3, 0.4) is 0 Å². The SMILES string of the molecule is COC(=O)[C@H](CC(C)C)NC(=O)c1ccc(-n2cncn2)c([N+](=O)[O-])c1. The summed E-state index contributed by atoms with van der Waals surface area (Å²) in [4.78, 5) is 38.8. The standard InChI is InChI=1S/C16H19N5O5/c1-10(2)6-12(16(23)26-3)19-15(22)11-4-5-13(14(7-11)21(24)25)20-9-17-8-18-20/h4-5,7-10,12H,6H2,1-3H3,(H,19,22)/t12-/m0/s1. The molecule has 0 fully saturated rings. The van der Waals surface area contributed by atoms with E-state index in [4.69, 9.17) is 4.74 Å². The molecule has 1 N–H and O–H groups in total. The number of carbonyl (C=O) groups excluding carboxylic acids is 2. The maximum atomic E-state index is 12.5. The summed E-state index contributed by atoms with van der Waals surface area (Å²) in [5, 5.41) is 17.8. The van der Waals surface area contributed by atoms with Crippen LogP contribution in [0.1, 0.15) is 30.6 Å². The lowest BCUT2D eigenvalue weighted by molar-refractivity contribution is -0.384. The van der Waals surface area contributed by atoms with E-state index in [1.54, 1.807) is 0 Å². The van der Waals surface area contributed by atoms with E-state index in [1.807, 2.05) is 13.8 Å². The average Bonchev–Trinajstić information content (AvgIpc) is 3.13. The molecule has 0 aliphatic heterocycles. The van der Waals surface area contributed by atoms with Gasteiger partial charge in [-0.2, -0.15) is 5.10 Å². The van der Waals surface area contributed by atoms with E-state index < -0.39 is 22.8 Å². The molecule has 10 heteroatoms. The van der Waals surface area contributed by atoms with Crippen LogP contribution in [0.15, 0.2) is 30.9 Å². The van der Waals surface area contributed by atoms with Gasteiger partial charge in [0.1, 0.15) is 24.4 Å². The molecule has 0 aliphatic carbocycles. The van der Waals surface area contributed by atoms with E-state index in [9.17, 15) is 19.7 Å². The highest BCUT2D eigenvalue weighted by atomic mass is 16.6. The third kappa shape index (κ3) is 4.41. The second-order valence-electron chi connectivity index (χ2n) is 5.98. The van der Waals surface area contributed by atoms with Gasteiger partial charge in [0.05, 0.1) is 12.0 Å². The van der Waals surface area contributed by atoms with E-state index in [0.717, 1.165) is 6.07 Å². The van der Waals surface area contributed by atoms with Gasteiger partial charge in [0.2, 0.25) is 0 Å². The van der Waals surface area contributed by atoms with Crippen LogP contribution in [0.25, 0.3) is 5.69 Å². The van der Waals surface area contributed by atoms with Crippen LogP contribution < -0.4 is 5.32 Å². The number of esters is 1. The van der Waals surface area contributed by atoms with Crippen LogP contribution in [0.2, 0.25) is 0 Å².